The number of nitrogens with zero attached hydrogens (tertiary/aromatic N) is 3. The first kappa shape index (κ1) is 26.5. The Morgan fingerprint density at radius 3 is 2.38 bits per heavy atom. The third-order valence-electron chi connectivity index (χ3n) is 6.36. The summed E-state index contributed by atoms with van der Waals surface area (Å²) in [6, 6.07) is 7.82. The number of halogens is 3. The number of likely N-dealkylation sites (tertiary alicyclic amines) is 1. The van der Waals surface area contributed by atoms with Crippen molar-refractivity contribution < 1.29 is 32.3 Å². The van der Waals surface area contributed by atoms with Gasteiger partial charge < -0.3 is 25.6 Å². The second-order valence-corrected chi connectivity index (χ2v) is 8.99. The summed E-state index contributed by atoms with van der Waals surface area (Å²) in [6.07, 6.45) is -1.81. The zero-order valence-electron chi connectivity index (χ0n) is 20.1. The highest BCUT2D eigenvalue weighted by molar-refractivity contribution is 5.95. The number of carbonyl (C=O) groups excluding carboxylic acids is 3. The highest BCUT2D eigenvalue weighted by atomic mass is 19.4. The standard InChI is InChI=1S/C24H29F3N6O4/c25-24(26,27)20-19(14-33(31-20)18-4-2-1-3-5-18)22(35)28-9-10-29-23(36)32-11-6-17(7-12-32)30-21(34)16-8-13-37-15-16/h1-5,14,16-17H,6-13,15H2,(H,28,35)(H,29,36)(H,30,34). The van der Waals surface area contributed by atoms with Gasteiger partial charge >= 0.3 is 12.2 Å². The van der Waals surface area contributed by atoms with Crippen LogP contribution in [0, 0.1) is 5.92 Å². The molecule has 10 nitrogen and oxygen atoms in total. The first-order chi connectivity index (χ1) is 17.7. The Morgan fingerprint density at radius 1 is 1.03 bits per heavy atom. The van der Waals surface area contributed by atoms with Crippen molar-refractivity contribution in [1.29, 1.82) is 0 Å². The van der Waals surface area contributed by atoms with Crippen LogP contribution in [-0.4, -0.2) is 78.0 Å². The normalized spacial score (nSPS) is 18.5. The maximum Gasteiger partial charge on any atom is 0.435 e. The van der Waals surface area contributed by atoms with E-state index in [1.54, 1.807) is 35.2 Å². The van der Waals surface area contributed by atoms with Crippen molar-refractivity contribution in [1.82, 2.24) is 30.6 Å². The molecule has 2 fully saturated rings. The number of nitrogens with one attached hydrogen (secondary N) is 3. The molecule has 2 aliphatic rings. The fourth-order valence-corrected chi connectivity index (χ4v) is 4.30. The van der Waals surface area contributed by atoms with Crippen molar-refractivity contribution in [3.8, 4) is 5.69 Å². The minimum atomic E-state index is -4.81. The molecule has 0 radical (unpaired) electrons. The van der Waals surface area contributed by atoms with Crippen LogP contribution < -0.4 is 16.0 Å². The lowest BCUT2D eigenvalue weighted by molar-refractivity contribution is -0.141. The molecule has 2 aliphatic heterocycles. The number of amides is 4. The smallest absolute Gasteiger partial charge is 0.381 e. The van der Waals surface area contributed by atoms with E-state index in [0.717, 1.165) is 17.3 Å². The molecular weight excluding hydrogens is 493 g/mol. The van der Waals surface area contributed by atoms with Gasteiger partial charge in [0.25, 0.3) is 5.91 Å². The lowest BCUT2D eigenvalue weighted by Gasteiger charge is -2.32. The van der Waals surface area contributed by atoms with Gasteiger partial charge in [0.15, 0.2) is 5.69 Å². The van der Waals surface area contributed by atoms with Crippen LogP contribution in [0.2, 0.25) is 0 Å². The summed E-state index contributed by atoms with van der Waals surface area (Å²) in [5.41, 5.74) is -1.50. The summed E-state index contributed by atoms with van der Waals surface area (Å²) in [6.45, 7) is 1.93. The SMILES string of the molecule is O=C(NCCNC(=O)N1CCC(NC(=O)C2CCOC2)CC1)c1cn(-c2ccccc2)nc1C(F)(F)F. The molecule has 1 aromatic heterocycles. The van der Waals surface area contributed by atoms with Crippen molar-refractivity contribution in [2.45, 2.75) is 31.5 Å². The Hall–Kier alpha value is -3.61. The number of alkyl halides is 3. The van der Waals surface area contributed by atoms with E-state index in [9.17, 15) is 27.6 Å². The average molecular weight is 523 g/mol. The van der Waals surface area contributed by atoms with Gasteiger partial charge in [0.1, 0.15) is 0 Å². The van der Waals surface area contributed by atoms with Crippen LogP contribution >= 0.6 is 0 Å². The number of hydrogen-bond donors (Lipinski definition) is 3. The maximum absolute atomic E-state index is 13.5. The van der Waals surface area contributed by atoms with Crippen molar-refractivity contribution in [3.63, 3.8) is 0 Å². The van der Waals surface area contributed by atoms with Crippen LogP contribution in [0.5, 0.6) is 0 Å². The molecule has 3 heterocycles. The molecule has 1 atom stereocenters. The minimum Gasteiger partial charge on any atom is -0.381 e. The number of para-hydroxylation sites is 1. The third-order valence-corrected chi connectivity index (χ3v) is 6.36. The van der Waals surface area contributed by atoms with Crippen molar-refractivity contribution >= 4 is 17.8 Å². The maximum atomic E-state index is 13.5. The number of hydrogen-bond acceptors (Lipinski definition) is 5. The Kier molecular flexibility index (Phi) is 8.31. The van der Waals surface area contributed by atoms with Gasteiger partial charge in [-0.2, -0.15) is 18.3 Å². The first-order valence-electron chi connectivity index (χ1n) is 12.1. The Morgan fingerprint density at radius 2 is 1.73 bits per heavy atom. The summed E-state index contributed by atoms with van der Waals surface area (Å²) in [7, 11) is 0. The van der Waals surface area contributed by atoms with E-state index >= 15 is 0 Å². The van der Waals surface area contributed by atoms with E-state index in [2.05, 4.69) is 21.0 Å². The fraction of sp³-hybridized carbons (Fsp3) is 0.500. The van der Waals surface area contributed by atoms with E-state index in [0.29, 0.717) is 44.8 Å². The summed E-state index contributed by atoms with van der Waals surface area (Å²) in [5, 5.41) is 11.6. The molecule has 4 rings (SSSR count). The number of urea groups is 1. The largest absolute Gasteiger partial charge is 0.435 e. The van der Waals surface area contributed by atoms with Gasteiger partial charge in [-0.15, -0.1) is 0 Å². The summed E-state index contributed by atoms with van der Waals surface area (Å²) in [5.74, 6) is -1.07. The van der Waals surface area contributed by atoms with E-state index in [-0.39, 0.29) is 37.0 Å². The molecule has 1 unspecified atom stereocenters. The molecule has 0 spiro atoms. The van der Waals surface area contributed by atoms with Gasteiger partial charge in [0, 0.05) is 45.0 Å². The molecule has 2 aromatic rings. The third kappa shape index (κ3) is 6.79. The quantitative estimate of drug-likeness (QED) is 0.481. The lowest BCUT2D eigenvalue weighted by Crippen LogP contribution is -2.51. The van der Waals surface area contributed by atoms with Crippen LogP contribution in [0.1, 0.15) is 35.3 Å². The molecule has 1 aromatic carbocycles. The molecule has 200 valence electrons. The van der Waals surface area contributed by atoms with Crippen LogP contribution in [0.4, 0.5) is 18.0 Å². The number of carbonyl (C=O) groups is 3. The van der Waals surface area contributed by atoms with Crippen LogP contribution in [-0.2, 0) is 15.7 Å². The summed E-state index contributed by atoms with van der Waals surface area (Å²) >= 11 is 0. The highest BCUT2D eigenvalue weighted by Gasteiger charge is 2.39. The van der Waals surface area contributed by atoms with Gasteiger partial charge in [0.05, 0.1) is 23.8 Å². The second-order valence-electron chi connectivity index (χ2n) is 8.99. The lowest BCUT2D eigenvalue weighted by atomic mass is 10.0. The molecule has 37 heavy (non-hydrogen) atoms. The van der Waals surface area contributed by atoms with Gasteiger partial charge in [-0.1, -0.05) is 18.2 Å². The molecule has 3 N–H and O–H groups in total. The molecule has 0 aliphatic carbocycles. The Labute approximate surface area is 211 Å². The van der Waals surface area contributed by atoms with Gasteiger partial charge in [-0.05, 0) is 31.4 Å². The van der Waals surface area contributed by atoms with Crippen LogP contribution in [0.25, 0.3) is 5.69 Å². The monoisotopic (exact) mass is 522 g/mol. The molecule has 4 amide bonds. The first-order valence-corrected chi connectivity index (χ1v) is 12.1. The number of aromatic nitrogens is 2. The molecule has 0 bridgehead atoms. The minimum absolute atomic E-state index is 0.00364. The molecular formula is C24H29F3N6O4. The van der Waals surface area contributed by atoms with E-state index in [1.165, 1.54) is 0 Å². The molecule has 0 saturated carbocycles. The van der Waals surface area contributed by atoms with Crippen molar-refractivity contribution in [3.05, 3.63) is 47.8 Å². The van der Waals surface area contributed by atoms with E-state index in [1.807, 2.05) is 0 Å². The van der Waals surface area contributed by atoms with Crippen LogP contribution in [0.15, 0.2) is 36.5 Å². The number of benzene rings is 1. The highest BCUT2D eigenvalue weighted by Crippen LogP contribution is 2.31. The second kappa shape index (κ2) is 11.6. The van der Waals surface area contributed by atoms with Crippen LogP contribution in [0.3, 0.4) is 0 Å². The average Bonchev–Trinajstić information content (AvgIpc) is 3.58. The topological polar surface area (TPSA) is 118 Å². The molecule has 2 saturated heterocycles. The number of piperidine rings is 1. The van der Waals surface area contributed by atoms with E-state index in [4.69, 9.17) is 4.74 Å². The number of ether oxygens (including phenoxy) is 1. The zero-order valence-corrected chi connectivity index (χ0v) is 20.1. The Bertz CT molecular complexity index is 1090. The summed E-state index contributed by atoms with van der Waals surface area (Å²) in [4.78, 5) is 38.8. The number of rotatable bonds is 7. The molecule has 13 heteroatoms. The van der Waals surface area contributed by atoms with Crippen molar-refractivity contribution in [2.75, 3.05) is 39.4 Å². The predicted octanol–water partition coefficient (Wildman–Crippen LogP) is 1.95. The van der Waals surface area contributed by atoms with Gasteiger partial charge in [-0.3, -0.25) is 9.59 Å². The van der Waals surface area contributed by atoms with Gasteiger partial charge in [0.2, 0.25) is 5.91 Å². The van der Waals surface area contributed by atoms with E-state index < -0.39 is 23.3 Å². The Balaban J connectivity index is 1.22. The summed E-state index contributed by atoms with van der Waals surface area (Å²) < 4.78 is 46.6. The van der Waals surface area contributed by atoms with Gasteiger partial charge in [-0.25, -0.2) is 9.48 Å². The predicted molar refractivity (Wildman–Crippen MR) is 126 cm³/mol. The van der Waals surface area contributed by atoms with Crippen molar-refractivity contribution in [2.24, 2.45) is 5.92 Å². The zero-order chi connectivity index (χ0) is 26.4. The fourth-order valence-electron chi connectivity index (χ4n) is 4.30.